The Hall–Kier alpha value is -1.22. The number of hydrogen-bond donors (Lipinski definition) is 1. The van der Waals surface area contributed by atoms with Crippen molar-refractivity contribution in [1.29, 1.82) is 0 Å². The van der Waals surface area contributed by atoms with E-state index in [2.05, 4.69) is 0 Å². The van der Waals surface area contributed by atoms with E-state index in [9.17, 15) is 9.90 Å². The third-order valence-electron chi connectivity index (χ3n) is 2.79. The summed E-state index contributed by atoms with van der Waals surface area (Å²) >= 11 is 1.45. The fourth-order valence-electron chi connectivity index (χ4n) is 1.76. The number of thioether (sulfide) groups is 1. The molecule has 0 aliphatic heterocycles. The van der Waals surface area contributed by atoms with E-state index in [1.165, 1.54) is 17.3 Å². The van der Waals surface area contributed by atoms with Crippen molar-refractivity contribution >= 4 is 17.7 Å². The molecule has 1 aliphatic carbocycles. The van der Waals surface area contributed by atoms with Crippen molar-refractivity contribution in [1.82, 2.24) is 0 Å². The van der Waals surface area contributed by atoms with Crippen LogP contribution in [-0.4, -0.2) is 15.8 Å². The van der Waals surface area contributed by atoms with Gasteiger partial charge in [0.25, 0.3) is 0 Å². The van der Waals surface area contributed by atoms with Crippen LogP contribution in [0.5, 0.6) is 0 Å². The highest BCUT2D eigenvalue weighted by Crippen LogP contribution is 2.42. The summed E-state index contributed by atoms with van der Waals surface area (Å²) in [6, 6.07) is 8.01. The van der Waals surface area contributed by atoms with Crippen LogP contribution in [0.1, 0.15) is 18.4 Å². The number of rotatable bonds is 3. The van der Waals surface area contributed by atoms with Gasteiger partial charge in [-0.1, -0.05) is 29.8 Å². The van der Waals surface area contributed by atoms with Crippen LogP contribution in [0.2, 0.25) is 0 Å². The van der Waals surface area contributed by atoms with Gasteiger partial charge in [0.1, 0.15) is 4.75 Å². The number of carboxylic acid groups (broad SMARTS) is 1. The molecule has 0 amide bonds. The minimum atomic E-state index is -0.719. The lowest BCUT2D eigenvalue weighted by molar-refractivity contribution is -0.139. The number of allylic oxidation sites excluding steroid dienone is 2. The van der Waals surface area contributed by atoms with E-state index in [1.54, 1.807) is 0 Å². The molecule has 1 aromatic rings. The standard InChI is InChI=1S/C13H14O2S/c1-10-4-6-11(7-5-10)16-13(12(14)15)8-2-3-9-13/h2-7H,8-9H2,1H3,(H,14,15). The molecular weight excluding hydrogens is 220 g/mol. The second-order valence-electron chi connectivity index (χ2n) is 4.09. The van der Waals surface area contributed by atoms with E-state index < -0.39 is 10.7 Å². The van der Waals surface area contributed by atoms with Gasteiger partial charge in [-0.2, -0.15) is 0 Å². The number of aryl methyl sites for hydroxylation is 1. The van der Waals surface area contributed by atoms with Gasteiger partial charge in [-0.05, 0) is 31.9 Å². The fraction of sp³-hybridized carbons (Fsp3) is 0.308. The summed E-state index contributed by atoms with van der Waals surface area (Å²) in [6.45, 7) is 2.03. The molecule has 0 radical (unpaired) electrons. The molecule has 16 heavy (non-hydrogen) atoms. The molecule has 0 unspecified atom stereocenters. The highest BCUT2D eigenvalue weighted by atomic mass is 32.2. The first kappa shape index (κ1) is 11.3. The van der Waals surface area contributed by atoms with Crippen LogP contribution >= 0.6 is 11.8 Å². The Kier molecular flexibility index (Phi) is 3.06. The molecule has 0 bridgehead atoms. The molecule has 0 atom stereocenters. The lowest BCUT2D eigenvalue weighted by atomic mass is 10.1. The summed E-state index contributed by atoms with van der Waals surface area (Å²) in [5.41, 5.74) is 1.19. The normalized spacial score (nSPS) is 17.6. The summed E-state index contributed by atoms with van der Waals surface area (Å²) in [7, 11) is 0. The molecule has 0 fully saturated rings. The van der Waals surface area contributed by atoms with Crippen molar-refractivity contribution in [3.05, 3.63) is 42.0 Å². The van der Waals surface area contributed by atoms with Gasteiger partial charge in [0.05, 0.1) is 0 Å². The Morgan fingerprint density at radius 3 is 2.31 bits per heavy atom. The highest BCUT2D eigenvalue weighted by Gasteiger charge is 2.40. The second-order valence-corrected chi connectivity index (χ2v) is 5.55. The average molecular weight is 234 g/mol. The van der Waals surface area contributed by atoms with Crippen LogP contribution in [0.3, 0.4) is 0 Å². The Bertz CT molecular complexity index is 412. The number of carboxylic acids is 1. The van der Waals surface area contributed by atoms with Crippen molar-refractivity contribution in [3.8, 4) is 0 Å². The lowest BCUT2D eigenvalue weighted by Gasteiger charge is -2.23. The van der Waals surface area contributed by atoms with E-state index in [1.807, 2.05) is 43.3 Å². The van der Waals surface area contributed by atoms with Gasteiger partial charge in [0, 0.05) is 4.90 Å². The SMILES string of the molecule is Cc1ccc(SC2(C(=O)O)CC=CC2)cc1. The van der Waals surface area contributed by atoms with E-state index in [0.717, 1.165) is 4.90 Å². The van der Waals surface area contributed by atoms with E-state index in [0.29, 0.717) is 12.8 Å². The zero-order valence-corrected chi connectivity index (χ0v) is 9.96. The molecular formula is C13H14O2S. The maximum atomic E-state index is 11.3. The predicted molar refractivity (Wildman–Crippen MR) is 65.8 cm³/mol. The number of benzene rings is 1. The van der Waals surface area contributed by atoms with Crippen LogP contribution in [0.15, 0.2) is 41.3 Å². The Morgan fingerprint density at radius 2 is 1.81 bits per heavy atom. The maximum Gasteiger partial charge on any atom is 0.320 e. The third-order valence-corrected chi connectivity index (χ3v) is 4.19. The predicted octanol–water partition coefficient (Wildman–Crippen LogP) is 3.26. The van der Waals surface area contributed by atoms with E-state index >= 15 is 0 Å². The molecule has 0 heterocycles. The monoisotopic (exact) mass is 234 g/mol. The summed E-state index contributed by atoms with van der Waals surface area (Å²) in [5, 5.41) is 9.32. The number of aliphatic carboxylic acids is 1. The summed E-state index contributed by atoms with van der Waals surface area (Å²) < 4.78 is -0.685. The molecule has 3 heteroatoms. The minimum absolute atomic E-state index is 0.612. The zero-order chi connectivity index (χ0) is 11.6. The van der Waals surface area contributed by atoms with Gasteiger partial charge in [-0.3, -0.25) is 4.79 Å². The third kappa shape index (κ3) is 2.14. The second kappa shape index (κ2) is 4.34. The number of hydrogen-bond acceptors (Lipinski definition) is 2. The molecule has 2 nitrogen and oxygen atoms in total. The van der Waals surface area contributed by atoms with Crippen LogP contribution in [-0.2, 0) is 4.79 Å². The first-order valence-electron chi connectivity index (χ1n) is 5.26. The van der Waals surface area contributed by atoms with Gasteiger partial charge in [0.2, 0.25) is 0 Å². The van der Waals surface area contributed by atoms with Crippen molar-refractivity contribution in [2.24, 2.45) is 0 Å². The Balaban J connectivity index is 2.18. The van der Waals surface area contributed by atoms with Crippen LogP contribution in [0, 0.1) is 6.92 Å². The molecule has 1 N–H and O–H groups in total. The van der Waals surface area contributed by atoms with Gasteiger partial charge < -0.3 is 5.11 Å². The molecule has 1 aliphatic rings. The molecule has 2 rings (SSSR count). The maximum absolute atomic E-state index is 11.3. The van der Waals surface area contributed by atoms with Gasteiger partial charge >= 0.3 is 5.97 Å². The first-order valence-corrected chi connectivity index (χ1v) is 6.08. The Labute approximate surface area is 99.4 Å². The smallest absolute Gasteiger partial charge is 0.320 e. The number of carbonyl (C=O) groups is 1. The molecule has 0 aromatic heterocycles. The van der Waals surface area contributed by atoms with Gasteiger partial charge in [-0.15, -0.1) is 11.8 Å². The summed E-state index contributed by atoms with van der Waals surface area (Å²) in [6.07, 6.45) is 5.13. The first-order chi connectivity index (χ1) is 7.62. The lowest BCUT2D eigenvalue weighted by Crippen LogP contribution is -2.31. The summed E-state index contributed by atoms with van der Waals surface area (Å²) in [5.74, 6) is -0.719. The highest BCUT2D eigenvalue weighted by molar-refractivity contribution is 8.01. The van der Waals surface area contributed by atoms with Crippen molar-refractivity contribution in [3.63, 3.8) is 0 Å². The molecule has 1 aromatic carbocycles. The van der Waals surface area contributed by atoms with E-state index in [4.69, 9.17) is 0 Å². The Morgan fingerprint density at radius 1 is 1.25 bits per heavy atom. The van der Waals surface area contributed by atoms with Crippen LogP contribution in [0.4, 0.5) is 0 Å². The molecule has 84 valence electrons. The van der Waals surface area contributed by atoms with Crippen LogP contribution < -0.4 is 0 Å². The van der Waals surface area contributed by atoms with Crippen molar-refractivity contribution in [2.45, 2.75) is 29.4 Å². The quantitative estimate of drug-likeness (QED) is 0.816. The van der Waals surface area contributed by atoms with E-state index in [-0.39, 0.29) is 0 Å². The van der Waals surface area contributed by atoms with Crippen molar-refractivity contribution < 1.29 is 9.90 Å². The molecule has 0 saturated carbocycles. The fourth-order valence-corrected chi connectivity index (χ4v) is 2.93. The summed E-state index contributed by atoms with van der Waals surface area (Å²) in [4.78, 5) is 12.4. The average Bonchev–Trinajstić information content (AvgIpc) is 2.71. The zero-order valence-electron chi connectivity index (χ0n) is 9.14. The molecule has 0 saturated heterocycles. The van der Waals surface area contributed by atoms with Gasteiger partial charge in [-0.25, -0.2) is 0 Å². The van der Waals surface area contributed by atoms with Crippen molar-refractivity contribution in [2.75, 3.05) is 0 Å². The minimum Gasteiger partial charge on any atom is -0.480 e. The topological polar surface area (TPSA) is 37.3 Å². The largest absolute Gasteiger partial charge is 0.480 e. The molecule has 0 spiro atoms. The van der Waals surface area contributed by atoms with Crippen LogP contribution in [0.25, 0.3) is 0 Å². The van der Waals surface area contributed by atoms with Gasteiger partial charge in [0.15, 0.2) is 0 Å².